The van der Waals surface area contributed by atoms with Crippen LogP contribution < -0.4 is 4.72 Å². The van der Waals surface area contributed by atoms with Gasteiger partial charge in [-0.15, -0.1) is 0 Å². The summed E-state index contributed by atoms with van der Waals surface area (Å²) < 4.78 is 49.3. The van der Waals surface area contributed by atoms with Crippen LogP contribution in [0.25, 0.3) is 0 Å². The fraction of sp³-hybridized carbons (Fsp3) is 0.536. The Kier molecular flexibility index (Phi) is 8.26. The van der Waals surface area contributed by atoms with Crippen molar-refractivity contribution in [2.45, 2.75) is 74.8 Å². The quantitative estimate of drug-likeness (QED) is 0.458. The first-order valence-corrected chi connectivity index (χ1v) is 14.5. The van der Waals surface area contributed by atoms with E-state index in [9.17, 15) is 17.9 Å². The average Bonchev–Trinajstić information content (AvgIpc) is 3.67. The molecule has 0 amide bonds. The van der Waals surface area contributed by atoms with Gasteiger partial charge in [0.15, 0.2) is 0 Å². The maximum atomic E-state index is 14.0. The molecule has 2 heterocycles. The van der Waals surface area contributed by atoms with E-state index in [1.165, 1.54) is 30.6 Å². The van der Waals surface area contributed by atoms with Gasteiger partial charge < -0.3 is 14.7 Å². The molecule has 2 saturated heterocycles. The Morgan fingerprint density at radius 1 is 1.24 bits per heavy atom. The Hall–Kier alpha value is -2.49. The second-order valence-corrected chi connectivity index (χ2v) is 12.4. The number of likely N-dealkylation sites (tertiary alicyclic amines) is 1. The summed E-state index contributed by atoms with van der Waals surface area (Å²) in [6.45, 7) is 12.2. The van der Waals surface area contributed by atoms with Crippen molar-refractivity contribution in [3.8, 4) is 0 Å². The first-order chi connectivity index (χ1) is 17.6. The molecule has 3 aliphatic rings. The number of hydrogen-bond donors (Lipinski definition) is 2. The molecule has 0 radical (unpaired) electrons. The standard InChI is InChI=1S/C28H38FN3O4S/c1-5-6-24(19(2)29)25(15-18-33)30-27-31-37(34,35)26(28(3,4)36-27)22-9-7-20(8-10-22)21-13-16-32(17-14-21)23-11-12-23/h5-10,21,23,25-26,33H,1-2,11-18H2,3-4H3,(H,30,31)/b24-6+/t25-,26?/m0/s1. The fourth-order valence-corrected chi connectivity index (χ4v) is 7.32. The lowest BCUT2D eigenvalue weighted by Gasteiger charge is -2.39. The molecule has 3 fully saturated rings. The largest absolute Gasteiger partial charge is 0.457 e. The summed E-state index contributed by atoms with van der Waals surface area (Å²) in [5, 5.41) is 8.49. The Labute approximate surface area is 219 Å². The third-order valence-corrected chi connectivity index (χ3v) is 9.40. The molecule has 2 atom stereocenters. The molecule has 2 N–H and O–H groups in total. The van der Waals surface area contributed by atoms with E-state index >= 15 is 0 Å². The number of aliphatic hydroxyl groups excluding tert-OH is 1. The summed E-state index contributed by atoms with van der Waals surface area (Å²) in [6.07, 6.45) is 7.74. The summed E-state index contributed by atoms with van der Waals surface area (Å²) >= 11 is 0. The molecule has 4 rings (SSSR count). The van der Waals surface area contributed by atoms with Crippen LogP contribution in [-0.2, 0) is 14.8 Å². The van der Waals surface area contributed by atoms with E-state index in [1.54, 1.807) is 13.8 Å². The van der Waals surface area contributed by atoms with Gasteiger partial charge in [0.2, 0.25) is 10.0 Å². The smallest absolute Gasteiger partial charge is 0.299 e. The molecule has 0 spiro atoms. The average molecular weight is 532 g/mol. The second kappa shape index (κ2) is 11.1. The monoisotopic (exact) mass is 531 g/mol. The number of hydrogen-bond acceptors (Lipinski definition) is 6. The lowest BCUT2D eigenvalue weighted by molar-refractivity contribution is 0.0761. The molecule has 1 unspecified atom stereocenters. The number of allylic oxidation sites excluding steroid dienone is 2. The number of nitrogens with one attached hydrogen (secondary N) is 1. The zero-order valence-electron chi connectivity index (χ0n) is 21.7. The van der Waals surface area contributed by atoms with E-state index in [0.717, 1.165) is 32.0 Å². The molecule has 1 aromatic carbocycles. The maximum Gasteiger partial charge on any atom is 0.299 e. The highest BCUT2D eigenvalue weighted by Gasteiger charge is 2.48. The molecule has 0 bridgehead atoms. The first kappa shape index (κ1) is 27.5. The minimum atomic E-state index is -3.93. The summed E-state index contributed by atoms with van der Waals surface area (Å²) in [6, 6.07) is 7.50. The number of ether oxygens (including phenoxy) is 1. The normalized spacial score (nSPS) is 26.2. The van der Waals surface area contributed by atoms with Crippen molar-refractivity contribution in [3.05, 3.63) is 72.1 Å². The maximum absolute atomic E-state index is 14.0. The topological polar surface area (TPSA) is 91.2 Å². The van der Waals surface area contributed by atoms with Gasteiger partial charge in [0.1, 0.15) is 16.7 Å². The number of aliphatic hydroxyl groups is 1. The third-order valence-electron chi connectivity index (χ3n) is 7.48. The first-order valence-electron chi connectivity index (χ1n) is 13.0. The van der Waals surface area contributed by atoms with Crippen LogP contribution in [0.5, 0.6) is 0 Å². The number of nitrogens with zero attached hydrogens (tertiary/aromatic N) is 2. The zero-order valence-corrected chi connectivity index (χ0v) is 22.5. The lowest BCUT2D eigenvalue weighted by atomic mass is 9.88. The van der Waals surface area contributed by atoms with Crippen LogP contribution in [0.1, 0.15) is 68.2 Å². The van der Waals surface area contributed by atoms with Crippen molar-refractivity contribution in [3.63, 3.8) is 0 Å². The van der Waals surface area contributed by atoms with E-state index in [4.69, 9.17) is 4.74 Å². The van der Waals surface area contributed by atoms with Gasteiger partial charge in [0, 0.05) is 18.2 Å². The van der Waals surface area contributed by atoms with Gasteiger partial charge in [-0.25, -0.2) is 22.5 Å². The van der Waals surface area contributed by atoms with Crippen molar-refractivity contribution < 1.29 is 22.7 Å². The highest BCUT2D eigenvalue weighted by molar-refractivity contribution is 7.90. The molecule has 7 nitrogen and oxygen atoms in total. The van der Waals surface area contributed by atoms with E-state index in [1.807, 2.05) is 24.3 Å². The van der Waals surface area contributed by atoms with Crippen LogP contribution >= 0.6 is 0 Å². The predicted octanol–water partition coefficient (Wildman–Crippen LogP) is 4.50. The SMILES string of the molecule is C=C/C=C(\C(=C)F)[C@H](CCO)N=C1NS(=O)(=O)C(c2ccc(C3CCN(C4CC4)CC3)cc2)C(C)(C)O1. The predicted molar refractivity (Wildman–Crippen MR) is 144 cm³/mol. The Morgan fingerprint density at radius 3 is 2.38 bits per heavy atom. The Balaban J connectivity index is 1.53. The lowest BCUT2D eigenvalue weighted by Crippen LogP contribution is -2.53. The summed E-state index contributed by atoms with van der Waals surface area (Å²) in [7, 11) is -3.93. The molecule has 0 aromatic heterocycles. The van der Waals surface area contributed by atoms with Gasteiger partial charge in [-0.3, -0.25) is 0 Å². The highest BCUT2D eigenvalue weighted by Crippen LogP contribution is 2.40. The van der Waals surface area contributed by atoms with Crippen LogP contribution in [-0.4, -0.2) is 61.8 Å². The van der Waals surface area contributed by atoms with Crippen LogP contribution in [0.4, 0.5) is 4.39 Å². The van der Waals surface area contributed by atoms with E-state index in [0.29, 0.717) is 11.5 Å². The van der Waals surface area contributed by atoms with Gasteiger partial charge in [-0.05, 0) is 76.1 Å². The van der Waals surface area contributed by atoms with Gasteiger partial charge in [-0.2, -0.15) is 0 Å². The van der Waals surface area contributed by atoms with Gasteiger partial charge in [-0.1, -0.05) is 49.6 Å². The molecule has 2 aliphatic heterocycles. The molecule has 9 heteroatoms. The van der Waals surface area contributed by atoms with Crippen LogP contribution in [0.3, 0.4) is 0 Å². The van der Waals surface area contributed by atoms with Gasteiger partial charge >= 0.3 is 0 Å². The minimum absolute atomic E-state index is 0.0576. The van der Waals surface area contributed by atoms with E-state index < -0.39 is 32.7 Å². The molecule has 1 aliphatic carbocycles. The number of piperidine rings is 1. The number of sulfonamides is 1. The third kappa shape index (κ3) is 6.33. The van der Waals surface area contributed by atoms with E-state index in [2.05, 4.69) is 27.8 Å². The minimum Gasteiger partial charge on any atom is -0.457 e. The van der Waals surface area contributed by atoms with Crippen LogP contribution in [0.2, 0.25) is 0 Å². The van der Waals surface area contributed by atoms with Gasteiger partial charge in [0.05, 0.1) is 6.04 Å². The number of amidine groups is 1. The van der Waals surface area contributed by atoms with Crippen molar-refractivity contribution in [1.29, 1.82) is 0 Å². The molecule has 37 heavy (non-hydrogen) atoms. The van der Waals surface area contributed by atoms with Crippen molar-refractivity contribution >= 4 is 16.0 Å². The summed E-state index contributed by atoms with van der Waals surface area (Å²) in [4.78, 5) is 6.90. The Bertz CT molecular complexity index is 1160. The van der Waals surface area contributed by atoms with Crippen molar-refractivity contribution in [2.75, 3.05) is 19.7 Å². The van der Waals surface area contributed by atoms with Crippen LogP contribution in [0.15, 0.2) is 66.0 Å². The molecule has 1 saturated carbocycles. The number of benzene rings is 1. The molecule has 1 aromatic rings. The van der Waals surface area contributed by atoms with Crippen molar-refractivity contribution in [1.82, 2.24) is 9.62 Å². The number of aliphatic imine (C=N–C) groups is 1. The van der Waals surface area contributed by atoms with Gasteiger partial charge in [0.25, 0.3) is 6.02 Å². The number of rotatable bonds is 9. The van der Waals surface area contributed by atoms with Crippen molar-refractivity contribution in [2.24, 2.45) is 4.99 Å². The highest BCUT2D eigenvalue weighted by atomic mass is 32.2. The van der Waals surface area contributed by atoms with E-state index in [-0.39, 0.29) is 24.6 Å². The summed E-state index contributed by atoms with van der Waals surface area (Å²) in [5.74, 6) is -0.253. The molecule has 202 valence electrons. The molecular weight excluding hydrogens is 493 g/mol. The number of halogens is 1. The zero-order chi connectivity index (χ0) is 26.8. The molecular formula is C28H38FN3O4S. The second-order valence-electron chi connectivity index (χ2n) is 10.7. The fourth-order valence-electron chi connectivity index (χ4n) is 5.55. The van der Waals surface area contributed by atoms with Crippen LogP contribution in [0, 0.1) is 0 Å². The summed E-state index contributed by atoms with van der Waals surface area (Å²) in [5.41, 5.74) is 0.810. The Morgan fingerprint density at radius 2 is 1.86 bits per heavy atom.